The first-order chi connectivity index (χ1) is 22.8. The molecular formula is C44H28N2. The Kier molecular flexibility index (Phi) is 4.71. The Morgan fingerprint density at radius 1 is 0.457 bits per heavy atom. The lowest BCUT2D eigenvalue weighted by Crippen LogP contribution is -2.02. The molecule has 10 aromatic rings. The first kappa shape index (κ1) is 24.5. The van der Waals surface area contributed by atoms with Crippen molar-refractivity contribution in [2.24, 2.45) is 0 Å². The molecule has 3 aromatic heterocycles. The van der Waals surface area contributed by atoms with Crippen LogP contribution in [-0.2, 0) is 0 Å². The molecule has 0 fully saturated rings. The van der Waals surface area contributed by atoms with Crippen LogP contribution < -0.4 is 0 Å². The van der Waals surface area contributed by atoms with Gasteiger partial charge < -0.3 is 8.97 Å². The summed E-state index contributed by atoms with van der Waals surface area (Å²) < 4.78 is 5.21. The van der Waals surface area contributed by atoms with Gasteiger partial charge in [0.25, 0.3) is 0 Å². The van der Waals surface area contributed by atoms with Gasteiger partial charge in [-0.3, -0.25) is 0 Å². The van der Waals surface area contributed by atoms with Crippen LogP contribution in [0.5, 0.6) is 0 Å². The molecule has 1 aliphatic rings. The second-order valence-electron chi connectivity index (χ2n) is 12.8. The summed E-state index contributed by atoms with van der Waals surface area (Å²) in [5.74, 6) is 0. The molecule has 214 valence electrons. The maximum absolute atomic E-state index is 2.61. The SMILES string of the molecule is C1=C(c2ccccc2)C=C(n2c3ccccc3c3c4ccccc4c4c5cccc6c7cc8ccccc8cc7n(c65)c4c32)CC1. The van der Waals surface area contributed by atoms with Crippen molar-refractivity contribution in [1.82, 2.24) is 8.97 Å². The van der Waals surface area contributed by atoms with E-state index in [1.807, 2.05) is 0 Å². The summed E-state index contributed by atoms with van der Waals surface area (Å²) in [5, 5.41) is 13.1. The van der Waals surface area contributed by atoms with Crippen molar-refractivity contribution >= 4 is 92.7 Å². The lowest BCUT2D eigenvalue weighted by Gasteiger charge is -2.18. The maximum atomic E-state index is 2.61. The normalized spacial score (nSPS) is 14.2. The molecule has 0 aliphatic heterocycles. The largest absolute Gasteiger partial charge is 0.311 e. The number of para-hydroxylation sites is 2. The van der Waals surface area contributed by atoms with Crippen molar-refractivity contribution in [3.05, 3.63) is 151 Å². The minimum Gasteiger partial charge on any atom is -0.311 e. The van der Waals surface area contributed by atoms with Gasteiger partial charge in [-0.05, 0) is 69.8 Å². The van der Waals surface area contributed by atoms with E-state index >= 15 is 0 Å². The molecule has 2 heteroatoms. The lowest BCUT2D eigenvalue weighted by molar-refractivity contribution is 0.983. The highest BCUT2D eigenvalue weighted by molar-refractivity contribution is 6.39. The van der Waals surface area contributed by atoms with Gasteiger partial charge >= 0.3 is 0 Å². The van der Waals surface area contributed by atoms with E-state index in [2.05, 4.69) is 155 Å². The third kappa shape index (κ3) is 3.06. The molecule has 0 radical (unpaired) electrons. The summed E-state index contributed by atoms with van der Waals surface area (Å²) >= 11 is 0. The van der Waals surface area contributed by atoms with Crippen LogP contribution in [0.3, 0.4) is 0 Å². The van der Waals surface area contributed by atoms with Gasteiger partial charge in [0.15, 0.2) is 0 Å². The van der Waals surface area contributed by atoms with Crippen molar-refractivity contribution in [3.63, 3.8) is 0 Å². The summed E-state index contributed by atoms with van der Waals surface area (Å²) in [6.45, 7) is 0. The average molecular weight is 585 g/mol. The molecule has 11 rings (SSSR count). The molecule has 46 heavy (non-hydrogen) atoms. The van der Waals surface area contributed by atoms with Crippen LogP contribution >= 0.6 is 0 Å². The molecule has 2 nitrogen and oxygen atoms in total. The van der Waals surface area contributed by atoms with E-state index in [9.17, 15) is 0 Å². The van der Waals surface area contributed by atoms with Crippen LogP contribution in [0.25, 0.3) is 92.7 Å². The van der Waals surface area contributed by atoms with Crippen LogP contribution in [-0.4, -0.2) is 8.97 Å². The van der Waals surface area contributed by atoms with Crippen molar-refractivity contribution in [2.45, 2.75) is 12.8 Å². The number of allylic oxidation sites excluding steroid dienone is 4. The van der Waals surface area contributed by atoms with Gasteiger partial charge in [0, 0.05) is 38.0 Å². The third-order valence-corrected chi connectivity index (χ3v) is 10.4. The Hall–Kier alpha value is -5.86. The van der Waals surface area contributed by atoms with Gasteiger partial charge in [-0.1, -0.05) is 121 Å². The number of benzene rings is 7. The van der Waals surface area contributed by atoms with Crippen LogP contribution in [0.1, 0.15) is 18.4 Å². The highest BCUT2D eigenvalue weighted by atomic mass is 15.0. The molecule has 0 saturated heterocycles. The first-order valence-electron chi connectivity index (χ1n) is 16.3. The van der Waals surface area contributed by atoms with Gasteiger partial charge in [-0.25, -0.2) is 0 Å². The minimum absolute atomic E-state index is 0.991. The zero-order chi connectivity index (χ0) is 29.9. The fraction of sp³-hybridized carbons (Fsp3) is 0.0455. The summed E-state index contributed by atoms with van der Waals surface area (Å²) in [4.78, 5) is 0. The average Bonchev–Trinajstić information content (AvgIpc) is 3.76. The summed E-state index contributed by atoms with van der Waals surface area (Å²) in [6.07, 6.45) is 6.84. The Bertz CT molecular complexity index is 2950. The van der Waals surface area contributed by atoms with Crippen LogP contribution in [0.15, 0.2) is 146 Å². The van der Waals surface area contributed by atoms with Crippen LogP contribution in [0.4, 0.5) is 0 Å². The fourth-order valence-electron chi connectivity index (χ4n) is 8.57. The van der Waals surface area contributed by atoms with Crippen LogP contribution in [0, 0.1) is 0 Å². The topological polar surface area (TPSA) is 9.34 Å². The molecule has 0 N–H and O–H groups in total. The highest BCUT2D eigenvalue weighted by Crippen LogP contribution is 2.49. The van der Waals surface area contributed by atoms with Crippen molar-refractivity contribution < 1.29 is 0 Å². The molecular weight excluding hydrogens is 556 g/mol. The van der Waals surface area contributed by atoms with E-state index in [0.717, 1.165) is 12.8 Å². The van der Waals surface area contributed by atoms with Gasteiger partial charge in [0.2, 0.25) is 0 Å². The number of fused-ring (bicyclic) bond motifs is 14. The van der Waals surface area contributed by atoms with Gasteiger partial charge in [-0.15, -0.1) is 0 Å². The Balaban J connectivity index is 1.42. The monoisotopic (exact) mass is 584 g/mol. The maximum Gasteiger partial charge on any atom is 0.0795 e. The Labute approximate surface area is 265 Å². The van der Waals surface area contributed by atoms with Crippen molar-refractivity contribution in [1.29, 1.82) is 0 Å². The molecule has 7 aromatic carbocycles. The summed E-state index contributed by atoms with van der Waals surface area (Å²) in [7, 11) is 0. The number of hydrogen-bond acceptors (Lipinski definition) is 0. The zero-order valence-corrected chi connectivity index (χ0v) is 25.2. The van der Waals surface area contributed by atoms with Gasteiger partial charge in [0.1, 0.15) is 0 Å². The molecule has 0 saturated carbocycles. The van der Waals surface area contributed by atoms with Crippen LogP contribution in [0.2, 0.25) is 0 Å². The van der Waals surface area contributed by atoms with E-state index in [0.29, 0.717) is 0 Å². The van der Waals surface area contributed by atoms with E-state index < -0.39 is 0 Å². The number of aromatic nitrogens is 2. The second-order valence-corrected chi connectivity index (χ2v) is 12.8. The fourth-order valence-corrected chi connectivity index (χ4v) is 8.57. The zero-order valence-electron chi connectivity index (χ0n) is 25.2. The standard InChI is InChI=1S/C44H28N2/c1-2-12-27(13-3-1)28-16-10-17-31(24-28)45-38-23-9-8-20-35(38)40-32-18-6-7-19-33(32)41-36-22-11-21-34-37-25-29-14-4-5-15-30(29)26-39(37)46(42(34)36)44(41)43(40)45/h1-9,11-16,18-26H,10,17H2. The summed E-state index contributed by atoms with van der Waals surface area (Å²) in [5.41, 5.74) is 10.4. The predicted octanol–water partition coefficient (Wildman–Crippen LogP) is 12.0. The second kappa shape index (κ2) is 8.87. The molecule has 0 bridgehead atoms. The Morgan fingerprint density at radius 3 is 1.93 bits per heavy atom. The first-order valence-corrected chi connectivity index (χ1v) is 16.3. The smallest absolute Gasteiger partial charge is 0.0795 e. The number of rotatable bonds is 2. The minimum atomic E-state index is 0.991. The van der Waals surface area contributed by atoms with Crippen molar-refractivity contribution in [3.8, 4) is 0 Å². The number of nitrogens with zero attached hydrogens (tertiary/aromatic N) is 2. The molecule has 0 amide bonds. The van der Waals surface area contributed by atoms with E-state index in [-0.39, 0.29) is 0 Å². The molecule has 0 unspecified atom stereocenters. The third-order valence-electron chi connectivity index (χ3n) is 10.4. The van der Waals surface area contributed by atoms with E-state index in [4.69, 9.17) is 0 Å². The molecule has 0 atom stereocenters. The number of hydrogen-bond donors (Lipinski definition) is 0. The molecule has 3 heterocycles. The van der Waals surface area contributed by atoms with Gasteiger partial charge in [-0.2, -0.15) is 0 Å². The highest BCUT2D eigenvalue weighted by Gasteiger charge is 2.26. The van der Waals surface area contributed by atoms with Crippen molar-refractivity contribution in [2.75, 3.05) is 0 Å². The van der Waals surface area contributed by atoms with E-state index in [1.165, 1.54) is 98.3 Å². The predicted molar refractivity (Wildman–Crippen MR) is 197 cm³/mol. The quantitative estimate of drug-likeness (QED) is 0.191. The molecule has 1 aliphatic carbocycles. The molecule has 0 spiro atoms. The lowest BCUT2D eigenvalue weighted by atomic mass is 9.96. The van der Waals surface area contributed by atoms with E-state index in [1.54, 1.807) is 0 Å². The van der Waals surface area contributed by atoms with Gasteiger partial charge in [0.05, 0.1) is 27.6 Å². The Morgan fingerprint density at radius 2 is 1.11 bits per heavy atom. The summed E-state index contributed by atoms with van der Waals surface area (Å²) in [6, 6.07) is 49.4.